The number of para-hydroxylation sites is 2. The van der Waals surface area contributed by atoms with Crippen molar-refractivity contribution >= 4 is 34.4 Å². The number of hydrogen-bond acceptors (Lipinski definition) is 3. The van der Waals surface area contributed by atoms with E-state index in [4.69, 9.17) is 10.1 Å². The van der Waals surface area contributed by atoms with Gasteiger partial charge in [0.15, 0.2) is 5.65 Å². The number of imidazole rings is 1. The molecule has 158 valence electrons. The summed E-state index contributed by atoms with van der Waals surface area (Å²) in [7, 11) is 0. The van der Waals surface area contributed by atoms with E-state index in [1.54, 1.807) is 11.8 Å². The lowest BCUT2D eigenvalue weighted by Gasteiger charge is -2.12. The van der Waals surface area contributed by atoms with Crippen LogP contribution in [-0.2, 0) is 4.79 Å². The Labute approximate surface area is 177 Å². The van der Waals surface area contributed by atoms with Gasteiger partial charge in [0.2, 0.25) is 0 Å². The molecule has 0 fully saturated rings. The Balaban J connectivity index is 1.71. The molecule has 2 aromatic heterocycles. The molecule has 2 heterocycles. The van der Waals surface area contributed by atoms with E-state index in [0.29, 0.717) is 11.7 Å². The van der Waals surface area contributed by atoms with Crippen molar-refractivity contribution in [2.24, 2.45) is 0 Å². The summed E-state index contributed by atoms with van der Waals surface area (Å²) in [6.45, 7) is 4.52. The fraction of sp³-hybridized carbons (Fsp3) is 0.565. The highest BCUT2D eigenvalue weighted by Crippen LogP contribution is 2.36. The number of rotatable bonds is 13. The smallest absolute Gasteiger partial charge is 0.304 e. The maximum atomic E-state index is 11.0. The summed E-state index contributed by atoms with van der Waals surface area (Å²) < 4.78 is 2.06. The molecule has 0 aliphatic carbocycles. The van der Waals surface area contributed by atoms with Crippen LogP contribution in [0, 0.1) is 0 Å². The largest absolute Gasteiger partial charge is 0.481 e. The van der Waals surface area contributed by atoms with E-state index < -0.39 is 5.97 Å². The van der Waals surface area contributed by atoms with Crippen LogP contribution < -0.4 is 0 Å². The van der Waals surface area contributed by atoms with E-state index in [2.05, 4.69) is 29.5 Å². The lowest BCUT2D eigenvalue weighted by atomic mass is 9.99. The molecule has 0 saturated carbocycles. The van der Waals surface area contributed by atoms with Crippen LogP contribution in [-0.4, -0.2) is 31.4 Å². The van der Waals surface area contributed by atoms with Gasteiger partial charge in [0, 0.05) is 5.75 Å². The fourth-order valence-electron chi connectivity index (χ4n) is 3.85. The summed E-state index contributed by atoms with van der Waals surface area (Å²) in [4.78, 5) is 16.9. The highest BCUT2D eigenvalue weighted by Gasteiger charge is 2.20. The van der Waals surface area contributed by atoms with Crippen molar-refractivity contribution in [3.05, 3.63) is 30.0 Å². The second-order valence-corrected chi connectivity index (χ2v) is 9.02. The lowest BCUT2D eigenvalue weighted by molar-refractivity contribution is -0.136. The topological polar surface area (TPSA) is 70.4 Å². The number of unbranched alkanes of at least 4 members (excludes halogenated alkanes) is 6. The van der Waals surface area contributed by atoms with E-state index in [0.717, 1.165) is 28.0 Å². The number of carbonyl (C=O) groups is 1. The molecule has 2 N–H and O–H groups in total. The Morgan fingerprint density at radius 3 is 2.66 bits per heavy atom. The predicted molar refractivity (Wildman–Crippen MR) is 121 cm³/mol. The van der Waals surface area contributed by atoms with Crippen LogP contribution >= 0.6 is 11.8 Å². The molecule has 5 nitrogen and oxygen atoms in total. The van der Waals surface area contributed by atoms with Crippen LogP contribution in [0.25, 0.3) is 16.7 Å². The van der Waals surface area contributed by atoms with Crippen molar-refractivity contribution in [2.45, 2.75) is 82.4 Å². The molecule has 29 heavy (non-hydrogen) atoms. The summed E-state index contributed by atoms with van der Waals surface area (Å²) in [6, 6.07) is 8.11. The van der Waals surface area contributed by atoms with Crippen molar-refractivity contribution in [3.8, 4) is 0 Å². The van der Waals surface area contributed by atoms with Crippen molar-refractivity contribution in [1.29, 1.82) is 0 Å². The van der Waals surface area contributed by atoms with Gasteiger partial charge in [0.1, 0.15) is 0 Å². The van der Waals surface area contributed by atoms with Crippen LogP contribution in [0.3, 0.4) is 0 Å². The normalized spacial score (nSPS) is 12.8. The first-order valence-electron chi connectivity index (χ1n) is 11.0. The Hall–Kier alpha value is -1.95. The second-order valence-electron chi connectivity index (χ2n) is 7.92. The summed E-state index contributed by atoms with van der Waals surface area (Å²) in [5.41, 5.74) is 4.14. The van der Waals surface area contributed by atoms with Crippen molar-refractivity contribution < 1.29 is 9.90 Å². The van der Waals surface area contributed by atoms with Crippen LogP contribution in [0.2, 0.25) is 0 Å². The molecule has 0 radical (unpaired) electrons. The Bertz CT molecular complexity index is 931. The van der Waals surface area contributed by atoms with Gasteiger partial charge in [-0.15, -0.1) is 11.8 Å². The zero-order valence-electron chi connectivity index (χ0n) is 17.6. The van der Waals surface area contributed by atoms with E-state index in [9.17, 15) is 4.79 Å². The van der Waals surface area contributed by atoms with Crippen LogP contribution in [0.4, 0.5) is 0 Å². The number of aliphatic carboxylic acids is 1. The molecule has 6 heteroatoms. The number of carboxylic acids is 1. The van der Waals surface area contributed by atoms with Gasteiger partial charge in [-0.1, -0.05) is 70.9 Å². The summed E-state index contributed by atoms with van der Waals surface area (Å²) in [6.07, 6.45) is 10.5. The molecular weight excluding hydrogens is 382 g/mol. The zero-order valence-corrected chi connectivity index (χ0v) is 18.4. The molecule has 3 rings (SSSR count). The Morgan fingerprint density at radius 2 is 1.90 bits per heavy atom. The van der Waals surface area contributed by atoms with Gasteiger partial charge < -0.3 is 5.11 Å². The number of thioether (sulfide) groups is 1. The van der Waals surface area contributed by atoms with E-state index >= 15 is 0 Å². The number of hydrogen-bond donors (Lipinski definition) is 2. The Kier molecular flexibility index (Phi) is 8.04. The van der Waals surface area contributed by atoms with Crippen LogP contribution in [0.1, 0.15) is 83.2 Å². The van der Waals surface area contributed by atoms with Crippen molar-refractivity contribution in [1.82, 2.24) is 14.6 Å². The summed E-state index contributed by atoms with van der Waals surface area (Å²) in [5, 5.41) is 12.6. The van der Waals surface area contributed by atoms with Crippen molar-refractivity contribution in [2.75, 3.05) is 5.75 Å². The molecule has 0 aliphatic heterocycles. The third-order valence-corrected chi connectivity index (χ3v) is 6.64. The van der Waals surface area contributed by atoms with Gasteiger partial charge in [-0.25, -0.2) is 9.50 Å². The van der Waals surface area contributed by atoms with E-state index in [1.807, 2.05) is 18.2 Å². The standard InChI is InChI=1S/C23H33N3O2S/c1-3-4-5-6-7-8-9-12-17(2)21-22(29-16-15-20(27)28)23-24-18-13-10-11-14-19(18)26(23)25-21/h10-11,13-14,17,25H,3-9,12,15-16H2,1-2H3,(H,27,28). The number of aromatic nitrogens is 3. The van der Waals surface area contributed by atoms with Gasteiger partial charge >= 0.3 is 5.97 Å². The van der Waals surface area contributed by atoms with E-state index in [-0.39, 0.29) is 6.42 Å². The molecule has 1 atom stereocenters. The van der Waals surface area contributed by atoms with Gasteiger partial charge in [-0.3, -0.25) is 9.89 Å². The van der Waals surface area contributed by atoms with Gasteiger partial charge in [0.05, 0.1) is 28.0 Å². The summed E-state index contributed by atoms with van der Waals surface area (Å²) in [5.74, 6) is 0.206. The number of benzene rings is 1. The average Bonchev–Trinajstić information content (AvgIpc) is 3.23. The SMILES string of the molecule is CCCCCCCCCC(C)c1[nH]n2c(nc3ccccc32)c1SCCC(=O)O. The molecule has 0 saturated heterocycles. The second kappa shape index (κ2) is 10.7. The molecule has 0 spiro atoms. The van der Waals surface area contributed by atoms with Gasteiger partial charge in [-0.2, -0.15) is 0 Å². The highest BCUT2D eigenvalue weighted by atomic mass is 32.2. The molecular formula is C23H33N3O2S. The minimum Gasteiger partial charge on any atom is -0.481 e. The number of carboxylic acid groups (broad SMARTS) is 1. The maximum absolute atomic E-state index is 11.0. The van der Waals surface area contributed by atoms with Crippen LogP contribution in [0.15, 0.2) is 29.2 Å². The molecule has 0 aliphatic rings. The lowest BCUT2D eigenvalue weighted by Crippen LogP contribution is -1.99. The molecule has 1 unspecified atom stereocenters. The average molecular weight is 416 g/mol. The Morgan fingerprint density at radius 1 is 1.17 bits per heavy atom. The quantitative estimate of drug-likeness (QED) is 0.243. The first kappa shape index (κ1) is 21.8. The predicted octanol–water partition coefficient (Wildman–Crippen LogP) is 6.63. The zero-order chi connectivity index (χ0) is 20.6. The van der Waals surface area contributed by atoms with E-state index in [1.165, 1.54) is 50.6 Å². The number of H-pyrrole nitrogens is 1. The minimum atomic E-state index is -0.754. The number of nitrogens with one attached hydrogen (secondary N) is 1. The summed E-state index contributed by atoms with van der Waals surface area (Å²) >= 11 is 1.61. The molecule has 3 aromatic rings. The first-order chi connectivity index (χ1) is 14.1. The third-order valence-electron chi connectivity index (χ3n) is 5.54. The highest BCUT2D eigenvalue weighted by molar-refractivity contribution is 7.99. The fourth-order valence-corrected chi connectivity index (χ4v) is 5.00. The van der Waals surface area contributed by atoms with Crippen molar-refractivity contribution in [3.63, 3.8) is 0 Å². The minimum absolute atomic E-state index is 0.161. The maximum Gasteiger partial charge on any atom is 0.304 e. The molecule has 0 bridgehead atoms. The number of nitrogens with zero attached hydrogens (tertiary/aromatic N) is 2. The van der Waals surface area contributed by atoms with Crippen LogP contribution in [0.5, 0.6) is 0 Å². The monoisotopic (exact) mass is 415 g/mol. The number of aromatic amines is 1. The first-order valence-corrected chi connectivity index (χ1v) is 11.9. The molecule has 0 amide bonds. The molecule has 1 aromatic carbocycles. The third kappa shape index (κ3) is 5.56. The van der Waals surface area contributed by atoms with Gasteiger partial charge in [0.25, 0.3) is 0 Å². The number of fused-ring (bicyclic) bond motifs is 3. The van der Waals surface area contributed by atoms with Gasteiger partial charge in [-0.05, 0) is 24.5 Å².